The number of pyridine rings is 1. The number of halogens is 4. The molecule has 1 aromatic carbocycles. The highest BCUT2D eigenvalue weighted by Crippen LogP contribution is 2.40. The summed E-state index contributed by atoms with van der Waals surface area (Å²) in [6.45, 7) is 1.73. The van der Waals surface area contributed by atoms with E-state index in [-0.39, 0.29) is 63.3 Å². The SMILES string of the molecule is Nc1ccc(-c2[nH]nc(C(F)(F)F)c2-c2cnc(C(=O)NCc3ccc(C(=O)N4CC[C@@H](CNC(=O)[C@@H]5C[C@@H](O)CN5)C4)c(Cl)c3)[nH]2)nc1. The molecular weight excluding hydrogens is 669 g/mol. The van der Waals surface area contributed by atoms with E-state index in [9.17, 15) is 32.7 Å². The Morgan fingerprint density at radius 2 is 1.94 bits per heavy atom. The van der Waals surface area contributed by atoms with Crippen molar-refractivity contribution in [3.05, 3.63) is 70.4 Å². The highest BCUT2D eigenvalue weighted by molar-refractivity contribution is 6.33. The second-order valence-electron chi connectivity index (χ2n) is 11.9. The summed E-state index contributed by atoms with van der Waals surface area (Å²) >= 11 is 6.47. The molecule has 4 aromatic rings. The number of anilines is 1. The second-order valence-corrected chi connectivity index (χ2v) is 12.3. The third kappa shape index (κ3) is 7.53. The van der Waals surface area contributed by atoms with Crippen LogP contribution in [0.25, 0.3) is 22.6 Å². The molecule has 0 spiro atoms. The molecule has 0 unspecified atom stereocenters. The number of aromatic nitrogens is 5. The number of nitrogens with zero attached hydrogens (tertiary/aromatic N) is 4. The van der Waals surface area contributed by atoms with Gasteiger partial charge in [0.05, 0.1) is 63.5 Å². The molecule has 3 atom stereocenters. The number of β-amino-alcohol motifs (C(OH)–C–C–N with tert-alkyl or cyclic N) is 1. The molecule has 0 saturated carbocycles. The van der Waals surface area contributed by atoms with Crippen LogP contribution in [0.5, 0.6) is 0 Å². The zero-order valence-electron chi connectivity index (χ0n) is 25.8. The minimum Gasteiger partial charge on any atom is -0.397 e. The Balaban J connectivity index is 1.06. The van der Waals surface area contributed by atoms with Crippen LogP contribution < -0.4 is 21.7 Å². The monoisotopic (exact) mass is 700 g/mol. The van der Waals surface area contributed by atoms with Crippen molar-refractivity contribution < 1.29 is 32.7 Å². The molecule has 0 aliphatic carbocycles. The summed E-state index contributed by atoms with van der Waals surface area (Å²) in [4.78, 5) is 50.8. The van der Waals surface area contributed by atoms with Crippen molar-refractivity contribution in [2.24, 2.45) is 5.92 Å². The largest absolute Gasteiger partial charge is 0.435 e. The maximum absolute atomic E-state index is 13.8. The topological polar surface area (TPSA) is 207 Å². The van der Waals surface area contributed by atoms with E-state index in [2.05, 4.69) is 41.1 Å². The number of imidazole rings is 1. The quantitative estimate of drug-likeness (QED) is 0.137. The molecular formula is C31H32ClF3N10O4. The first-order valence-electron chi connectivity index (χ1n) is 15.3. The molecule has 6 rings (SSSR count). The van der Waals surface area contributed by atoms with Crippen molar-refractivity contribution in [2.75, 3.05) is 31.9 Å². The number of aliphatic hydroxyl groups is 1. The normalized spacial score (nSPS) is 19.3. The van der Waals surface area contributed by atoms with E-state index < -0.39 is 29.9 Å². The van der Waals surface area contributed by atoms with Gasteiger partial charge in [-0.05, 0) is 48.6 Å². The summed E-state index contributed by atoms with van der Waals surface area (Å²) < 4.78 is 41.5. The summed E-state index contributed by atoms with van der Waals surface area (Å²) in [5.41, 5.74) is 5.27. The number of hydrogen-bond acceptors (Lipinski definition) is 9. The minimum atomic E-state index is -4.81. The summed E-state index contributed by atoms with van der Waals surface area (Å²) in [6, 6.07) is 7.24. The fraction of sp³-hybridized carbons (Fsp3) is 0.355. The zero-order valence-corrected chi connectivity index (χ0v) is 26.5. The molecule has 8 N–H and O–H groups in total. The number of aliphatic hydroxyl groups excluding tert-OH is 1. The predicted molar refractivity (Wildman–Crippen MR) is 171 cm³/mol. The molecule has 18 heteroatoms. The molecule has 3 amide bonds. The van der Waals surface area contributed by atoms with Gasteiger partial charge in [0.1, 0.15) is 0 Å². The van der Waals surface area contributed by atoms with Crippen molar-refractivity contribution in [3.8, 4) is 22.6 Å². The van der Waals surface area contributed by atoms with E-state index >= 15 is 0 Å². The standard InChI is InChI=1S/C31H32ClF3N10O4/c32-20-7-15(1-3-19(20)30(49)45-6-5-16(14-45)10-40-28(47)22-8-18(46)12-38-22)9-41-29(48)27-39-13-23(42-27)24-25(21-4-2-17(36)11-37-21)43-44-26(24)31(33,34)35/h1-4,7,11,13,16,18,22,38,46H,5-6,8-10,12,14,36H2,(H,39,42)(H,40,47)(H,41,48)(H,43,44)/t16-,18+,22-/m0/s1. The maximum Gasteiger partial charge on any atom is 0.435 e. The molecule has 0 bridgehead atoms. The Labute approximate surface area is 282 Å². The Hall–Kier alpha value is -5.00. The van der Waals surface area contributed by atoms with Gasteiger partial charge in [-0.1, -0.05) is 17.7 Å². The Kier molecular flexibility index (Phi) is 9.58. The molecule has 2 aliphatic heterocycles. The van der Waals surface area contributed by atoms with Crippen LogP contribution in [0.3, 0.4) is 0 Å². The molecule has 2 fully saturated rings. The average molecular weight is 701 g/mol. The van der Waals surface area contributed by atoms with E-state index in [0.717, 1.165) is 6.20 Å². The molecule has 49 heavy (non-hydrogen) atoms. The lowest BCUT2D eigenvalue weighted by Crippen LogP contribution is -2.42. The predicted octanol–water partition coefficient (Wildman–Crippen LogP) is 2.35. The Morgan fingerprint density at radius 1 is 1.12 bits per heavy atom. The number of nitrogen functional groups attached to an aromatic ring is 1. The highest BCUT2D eigenvalue weighted by atomic mass is 35.5. The second kappa shape index (κ2) is 13.9. The molecule has 14 nitrogen and oxygen atoms in total. The van der Waals surface area contributed by atoms with Gasteiger partial charge in [-0.3, -0.25) is 24.5 Å². The van der Waals surface area contributed by atoms with Gasteiger partial charge in [0.25, 0.3) is 11.8 Å². The number of rotatable bonds is 9. The number of benzene rings is 1. The lowest BCUT2D eigenvalue weighted by Gasteiger charge is -2.18. The van der Waals surface area contributed by atoms with Crippen molar-refractivity contribution in [1.82, 2.24) is 46.0 Å². The summed E-state index contributed by atoms with van der Waals surface area (Å²) in [6.07, 6.45) is -1.88. The summed E-state index contributed by atoms with van der Waals surface area (Å²) in [5.74, 6) is -1.29. The molecule has 0 radical (unpaired) electrons. The maximum atomic E-state index is 13.8. The number of amides is 3. The van der Waals surface area contributed by atoms with E-state index in [1.165, 1.54) is 18.3 Å². The van der Waals surface area contributed by atoms with Crippen LogP contribution in [0.15, 0.2) is 42.7 Å². The Bertz CT molecular complexity index is 1860. The van der Waals surface area contributed by atoms with Crippen LogP contribution >= 0.6 is 11.6 Å². The van der Waals surface area contributed by atoms with E-state index in [4.69, 9.17) is 17.3 Å². The number of carbonyl (C=O) groups is 3. The number of likely N-dealkylation sites (tertiary alicyclic amines) is 1. The van der Waals surface area contributed by atoms with Crippen molar-refractivity contribution in [3.63, 3.8) is 0 Å². The fourth-order valence-electron chi connectivity index (χ4n) is 5.86. The minimum absolute atomic E-state index is 0.0124. The van der Waals surface area contributed by atoms with Gasteiger partial charge in [-0.25, -0.2) is 4.98 Å². The van der Waals surface area contributed by atoms with Gasteiger partial charge in [-0.15, -0.1) is 0 Å². The van der Waals surface area contributed by atoms with Crippen LogP contribution in [0.1, 0.15) is 45.1 Å². The average Bonchev–Trinajstić information content (AvgIpc) is 3.89. The van der Waals surface area contributed by atoms with Crippen LogP contribution in [-0.4, -0.2) is 91.2 Å². The molecule has 5 heterocycles. The van der Waals surface area contributed by atoms with Gasteiger partial charge in [0.15, 0.2) is 11.5 Å². The first-order chi connectivity index (χ1) is 23.4. The van der Waals surface area contributed by atoms with Gasteiger partial charge in [0, 0.05) is 32.7 Å². The number of nitrogens with one attached hydrogen (secondary N) is 5. The number of aromatic amines is 2. The summed E-state index contributed by atoms with van der Waals surface area (Å²) in [7, 11) is 0. The summed E-state index contributed by atoms with van der Waals surface area (Å²) in [5, 5.41) is 24.1. The lowest BCUT2D eigenvalue weighted by molar-refractivity contribution is -0.140. The molecule has 3 aromatic heterocycles. The van der Waals surface area contributed by atoms with Crippen molar-refractivity contribution in [2.45, 2.75) is 37.7 Å². The van der Waals surface area contributed by atoms with Crippen LogP contribution in [0.2, 0.25) is 5.02 Å². The molecule has 2 aliphatic rings. The number of nitrogens with two attached hydrogens (primary N) is 1. The highest BCUT2D eigenvalue weighted by Gasteiger charge is 2.39. The van der Waals surface area contributed by atoms with Gasteiger partial charge < -0.3 is 36.7 Å². The third-order valence-corrected chi connectivity index (χ3v) is 8.73. The number of hydrogen-bond donors (Lipinski definition) is 7. The van der Waals surface area contributed by atoms with Gasteiger partial charge >= 0.3 is 6.18 Å². The third-order valence-electron chi connectivity index (χ3n) is 8.42. The van der Waals surface area contributed by atoms with Crippen LogP contribution in [0.4, 0.5) is 18.9 Å². The number of alkyl halides is 3. The van der Waals surface area contributed by atoms with Crippen LogP contribution in [-0.2, 0) is 17.5 Å². The molecule has 2 saturated heterocycles. The first-order valence-corrected chi connectivity index (χ1v) is 15.7. The van der Waals surface area contributed by atoms with Crippen molar-refractivity contribution in [1.29, 1.82) is 0 Å². The first kappa shape index (κ1) is 33.9. The van der Waals surface area contributed by atoms with E-state index in [1.807, 2.05) is 0 Å². The fourth-order valence-corrected chi connectivity index (χ4v) is 6.14. The zero-order chi connectivity index (χ0) is 34.9. The van der Waals surface area contributed by atoms with Gasteiger partial charge in [-0.2, -0.15) is 18.3 Å². The van der Waals surface area contributed by atoms with E-state index in [1.54, 1.807) is 23.1 Å². The lowest BCUT2D eigenvalue weighted by atomic mass is 10.1. The van der Waals surface area contributed by atoms with E-state index in [0.29, 0.717) is 50.3 Å². The smallest absolute Gasteiger partial charge is 0.397 e. The van der Waals surface area contributed by atoms with Crippen LogP contribution in [0, 0.1) is 5.92 Å². The number of carbonyl (C=O) groups excluding carboxylic acids is 3. The Morgan fingerprint density at radius 3 is 2.63 bits per heavy atom. The van der Waals surface area contributed by atoms with Crippen molar-refractivity contribution >= 4 is 35.0 Å². The molecule has 258 valence electrons. The number of H-pyrrole nitrogens is 2. The van der Waals surface area contributed by atoms with Gasteiger partial charge in [0.2, 0.25) is 5.91 Å².